The average Bonchev–Trinajstić information content (AvgIpc) is 2.81. The van der Waals surface area contributed by atoms with Gasteiger partial charge in [0, 0.05) is 28.7 Å². The molecule has 7 heteroatoms. The first-order valence-electron chi connectivity index (χ1n) is 9.52. The van der Waals surface area contributed by atoms with E-state index in [1.54, 1.807) is 80.0 Å². The highest BCUT2D eigenvalue weighted by Gasteiger charge is 2.08. The summed E-state index contributed by atoms with van der Waals surface area (Å²) in [6.45, 7) is 0. The van der Waals surface area contributed by atoms with Gasteiger partial charge in [-0.15, -0.1) is 0 Å². The molecule has 2 N–H and O–H groups in total. The number of amides is 1. The molecule has 0 bridgehead atoms. The first-order valence-corrected chi connectivity index (χ1v) is 9.52. The number of aromatic nitrogens is 2. The molecule has 4 rings (SSSR count). The molecule has 1 heterocycles. The fourth-order valence-electron chi connectivity index (χ4n) is 2.90. The summed E-state index contributed by atoms with van der Waals surface area (Å²) in [6.07, 6.45) is 1.63. The van der Waals surface area contributed by atoms with Crippen molar-refractivity contribution in [2.24, 2.45) is 0 Å². The Morgan fingerprint density at radius 2 is 1.55 bits per heavy atom. The number of methoxy groups -OCH3 is 1. The summed E-state index contributed by atoms with van der Waals surface area (Å²) in [5.41, 5.74) is 2.69. The molecule has 0 saturated heterocycles. The zero-order chi connectivity index (χ0) is 21.6. The highest BCUT2D eigenvalue weighted by Crippen LogP contribution is 2.21. The van der Waals surface area contributed by atoms with Crippen molar-refractivity contribution in [1.29, 1.82) is 0 Å². The molecule has 0 saturated carbocycles. The first-order chi connectivity index (χ1) is 15.1. The fourth-order valence-corrected chi connectivity index (χ4v) is 2.90. The number of hydrogen-bond acceptors (Lipinski definition) is 5. The highest BCUT2D eigenvalue weighted by molar-refractivity contribution is 6.04. The number of rotatable bonds is 6. The van der Waals surface area contributed by atoms with Crippen LogP contribution < -0.4 is 15.4 Å². The lowest BCUT2D eigenvalue weighted by Crippen LogP contribution is -2.11. The van der Waals surface area contributed by atoms with Crippen molar-refractivity contribution in [2.45, 2.75) is 0 Å². The molecule has 31 heavy (non-hydrogen) atoms. The van der Waals surface area contributed by atoms with Gasteiger partial charge in [-0.2, -0.15) is 0 Å². The number of hydrogen-bond donors (Lipinski definition) is 2. The van der Waals surface area contributed by atoms with E-state index in [1.807, 2.05) is 0 Å². The van der Waals surface area contributed by atoms with Gasteiger partial charge in [0.1, 0.15) is 17.4 Å². The van der Waals surface area contributed by atoms with Crippen molar-refractivity contribution in [3.8, 4) is 17.1 Å². The molecule has 1 amide bonds. The minimum atomic E-state index is -0.311. The van der Waals surface area contributed by atoms with Gasteiger partial charge in [0.05, 0.1) is 7.11 Å². The van der Waals surface area contributed by atoms with Crippen LogP contribution in [0.1, 0.15) is 10.4 Å². The van der Waals surface area contributed by atoms with Crippen LogP contribution in [0, 0.1) is 5.82 Å². The Kier molecular flexibility index (Phi) is 5.84. The van der Waals surface area contributed by atoms with E-state index in [9.17, 15) is 9.18 Å². The highest BCUT2D eigenvalue weighted by atomic mass is 19.1. The summed E-state index contributed by atoms with van der Waals surface area (Å²) < 4.78 is 18.2. The standard InChI is InChI=1S/C24H19FN4O2/c1-31-21-12-10-20(11-13-21)28-24(30)17-4-8-19(9-5-17)27-22-14-15-26-23(29-22)16-2-6-18(25)7-3-16/h2-15H,1H3,(H,28,30)(H,26,27,29). The molecular weight excluding hydrogens is 395 g/mol. The Labute approximate surface area is 178 Å². The third-order valence-corrected chi connectivity index (χ3v) is 4.53. The van der Waals surface area contributed by atoms with Crippen molar-refractivity contribution in [3.63, 3.8) is 0 Å². The van der Waals surface area contributed by atoms with Crippen molar-refractivity contribution in [1.82, 2.24) is 9.97 Å². The monoisotopic (exact) mass is 414 g/mol. The molecule has 3 aromatic carbocycles. The van der Waals surface area contributed by atoms with Gasteiger partial charge in [-0.25, -0.2) is 14.4 Å². The van der Waals surface area contributed by atoms with Crippen molar-refractivity contribution < 1.29 is 13.9 Å². The molecule has 0 atom stereocenters. The predicted molar refractivity (Wildman–Crippen MR) is 118 cm³/mol. The second-order valence-corrected chi connectivity index (χ2v) is 6.66. The van der Waals surface area contributed by atoms with Crippen LogP contribution in [0.5, 0.6) is 5.75 Å². The van der Waals surface area contributed by atoms with Crippen LogP contribution in [0.4, 0.5) is 21.6 Å². The fraction of sp³-hybridized carbons (Fsp3) is 0.0417. The van der Waals surface area contributed by atoms with Gasteiger partial charge in [0.25, 0.3) is 5.91 Å². The summed E-state index contributed by atoms with van der Waals surface area (Å²) in [7, 11) is 1.59. The van der Waals surface area contributed by atoms with E-state index in [0.717, 1.165) is 17.0 Å². The van der Waals surface area contributed by atoms with Crippen LogP contribution in [0.15, 0.2) is 85.1 Å². The molecular formula is C24H19FN4O2. The first kappa shape index (κ1) is 20.0. The maximum Gasteiger partial charge on any atom is 0.255 e. The maximum absolute atomic E-state index is 13.1. The van der Waals surface area contributed by atoms with Gasteiger partial charge in [-0.3, -0.25) is 4.79 Å². The molecule has 0 aliphatic rings. The molecule has 4 aromatic rings. The third-order valence-electron chi connectivity index (χ3n) is 4.53. The minimum absolute atomic E-state index is 0.211. The summed E-state index contributed by atoms with van der Waals surface area (Å²) in [6, 6.07) is 21.9. The van der Waals surface area contributed by atoms with E-state index < -0.39 is 0 Å². The normalized spacial score (nSPS) is 10.4. The second kappa shape index (κ2) is 9.04. The number of nitrogens with zero attached hydrogens (tertiary/aromatic N) is 2. The molecule has 0 aliphatic heterocycles. The largest absolute Gasteiger partial charge is 0.497 e. The Morgan fingerprint density at radius 3 is 2.23 bits per heavy atom. The van der Waals surface area contributed by atoms with Crippen LogP contribution in [-0.4, -0.2) is 23.0 Å². The molecule has 0 radical (unpaired) electrons. The average molecular weight is 414 g/mol. The summed E-state index contributed by atoms with van der Waals surface area (Å²) in [5.74, 6) is 1.28. The summed E-state index contributed by atoms with van der Waals surface area (Å²) >= 11 is 0. The van der Waals surface area contributed by atoms with E-state index in [-0.39, 0.29) is 11.7 Å². The van der Waals surface area contributed by atoms with E-state index >= 15 is 0 Å². The third kappa shape index (κ3) is 5.02. The number of halogens is 1. The van der Waals surface area contributed by atoms with Crippen molar-refractivity contribution >= 4 is 23.1 Å². The zero-order valence-corrected chi connectivity index (χ0v) is 16.7. The van der Waals surface area contributed by atoms with Gasteiger partial charge in [-0.05, 0) is 78.9 Å². The molecule has 0 unspecified atom stereocenters. The minimum Gasteiger partial charge on any atom is -0.497 e. The Bertz CT molecular complexity index is 1180. The van der Waals surface area contributed by atoms with Crippen molar-refractivity contribution in [2.75, 3.05) is 17.7 Å². The number of nitrogens with one attached hydrogen (secondary N) is 2. The summed E-state index contributed by atoms with van der Waals surface area (Å²) in [5, 5.41) is 6.03. The molecule has 6 nitrogen and oxygen atoms in total. The van der Waals surface area contributed by atoms with Gasteiger partial charge in [0.15, 0.2) is 5.82 Å². The number of anilines is 3. The lowest BCUT2D eigenvalue weighted by Gasteiger charge is -2.09. The molecule has 0 spiro atoms. The zero-order valence-electron chi connectivity index (χ0n) is 16.7. The second-order valence-electron chi connectivity index (χ2n) is 6.66. The Morgan fingerprint density at radius 1 is 0.871 bits per heavy atom. The van der Waals surface area contributed by atoms with Crippen LogP contribution in [-0.2, 0) is 0 Å². The smallest absolute Gasteiger partial charge is 0.255 e. The van der Waals surface area contributed by atoms with Gasteiger partial charge < -0.3 is 15.4 Å². The van der Waals surface area contributed by atoms with E-state index in [2.05, 4.69) is 20.6 Å². The quantitative estimate of drug-likeness (QED) is 0.449. The van der Waals surface area contributed by atoms with Crippen LogP contribution in [0.25, 0.3) is 11.4 Å². The topological polar surface area (TPSA) is 76.1 Å². The van der Waals surface area contributed by atoms with E-state index in [0.29, 0.717) is 22.9 Å². The maximum atomic E-state index is 13.1. The van der Waals surface area contributed by atoms with Crippen LogP contribution >= 0.6 is 0 Å². The SMILES string of the molecule is COc1ccc(NC(=O)c2ccc(Nc3ccnc(-c4ccc(F)cc4)n3)cc2)cc1. The summed E-state index contributed by atoms with van der Waals surface area (Å²) in [4.78, 5) is 21.1. The van der Waals surface area contributed by atoms with Gasteiger partial charge >= 0.3 is 0 Å². The lowest BCUT2D eigenvalue weighted by atomic mass is 10.2. The molecule has 1 aromatic heterocycles. The molecule has 154 valence electrons. The molecule has 0 aliphatic carbocycles. The number of carbonyl (C=O) groups excluding carboxylic acids is 1. The number of carbonyl (C=O) groups is 1. The van der Waals surface area contributed by atoms with E-state index in [1.165, 1.54) is 12.1 Å². The predicted octanol–water partition coefficient (Wildman–Crippen LogP) is 5.29. The molecule has 0 fully saturated rings. The van der Waals surface area contributed by atoms with Gasteiger partial charge in [0.2, 0.25) is 0 Å². The number of ether oxygens (including phenoxy) is 1. The van der Waals surface area contributed by atoms with Crippen LogP contribution in [0.2, 0.25) is 0 Å². The lowest BCUT2D eigenvalue weighted by molar-refractivity contribution is 0.102. The van der Waals surface area contributed by atoms with Gasteiger partial charge in [-0.1, -0.05) is 0 Å². The Balaban J connectivity index is 1.43. The van der Waals surface area contributed by atoms with Crippen LogP contribution in [0.3, 0.4) is 0 Å². The van der Waals surface area contributed by atoms with Crippen molar-refractivity contribution in [3.05, 3.63) is 96.4 Å². The van der Waals surface area contributed by atoms with E-state index in [4.69, 9.17) is 4.74 Å². The Hall–Kier alpha value is -4.26. The number of benzene rings is 3.